The molecule has 0 aromatic heterocycles. The van der Waals surface area contributed by atoms with E-state index in [0.29, 0.717) is 12.8 Å². The third-order valence-electron chi connectivity index (χ3n) is 2.83. The largest absolute Gasteiger partial charge is 0.468 e. The molecule has 0 aliphatic heterocycles. The Kier molecular flexibility index (Phi) is 5.10. The van der Waals surface area contributed by atoms with Crippen molar-refractivity contribution >= 4 is 5.97 Å². The molecule has 18 heavy (non-hydrogen) atoms. The normalized spacial score (nSPS) is 13.6. The van der Waals surface area contributed by atoms with Crippen molar-refractivity contribution in [2.24, 2.45) is 5.73 Å². The summed E-state index contributed by atoms with van der Waals surface area (Å²) in [4.78, 5) is 11.9. The summed E-state index contributed by atoms with van der Waals surface area (Å²) in [7, 11) is 1.37. The smallest absolute Gasteiger partial charge is 0.326 e. The molecule has 98 valence electrons. The molecule has 0 amide bonds. The molecular formula is C15H21NO2. The van der Waals surface area contributed by atoms with Crippen molar-refractivity contribution in [3.63, 3.8) is 0 Å². The summed E-state index contributed by atoms with van der Waals surface area (Å²) in [6, 6.07) is 9.75. The number of nitrogens with two attached hydrogens (primary N) is 1. The first-order chi connectivity index (χ1) is 8.48. The van der Waals surface area contributed by atoms with Gasteiger partial charge >= 0.3 is 5.97 Å². The van der Waals surface area contributed by atoms with Crippen LogP contribution in [0.2, 0.25) is 0 Å². The Morgan fingerprint density at radius 2 is 1.94 bits per heavy atom. The first-order valence-electron chi connectivity index (χ1n) is 6.02. The molecule has 0 fully saturated rings. The van der Waals surface area contributed by atoms with Gasteiger partial charge in [-0.05, 0) is 25.8 Å². The SMILES string of the molecule is COC(=O)[C@@](N)(CC=C(C)C)Cc1ccccc1. The summed E-state index contributed by atoms with van der Waals surface area (Å²) in [5.74, 6) is -0.371. The van der Waals surface area contributed by atoms with Crippen LogP contribution < -0.4 is 5.73 Å². The van der Waals surface area contributed by atoms with Gasteiger partial charge in [0.25, 0.3) is 0 Å². The standard InChI is InChI=1S/C15H21NO2/c1-12(2)9-10-15(16,14(17)18-3)11-13-7-5-4-6-8-13/h4-9H,10-11,16H2,1-3H3/t15-/m1/s1. The first-order valence-corrected chi connectivity index (χ1v) is 6.02. The van der Waals surface area contributed by atoms with Crippen LogP contribution in [0.4, 0.5) is 0 Å². The van der Waals surface area contributed by atoms with E-state index in [0.717, 1.165) is 11.1 Å². The van der Waals surface area contributed by atoms with Crippen molar-refractivity contribution in [2.45, 2.75) is 32.2 Å². The fourth-order valence-electron chi connectivity index (χ4n) is 1.78. The van der Waals surface area contributed by atoms with Crippen molar-refractivity contribution in [2.75, 3.05) is 7.11 Å². The van der Waals surface area contributed by atoms with Gasteiger partial charge in [0.15, 0.2) is 0 Å². The Morgan fingerprint density at radius 1 is 1.33 bits per heavy atom. The minimum atomic E-state index is -0.993. The van der Waals surface area contributed by atoms with Crippen LogP contribution in [0.5, 0.6) is 0 Å². The van der Waals surface area contributed by atoms with Gasteiger partial charge in [0.1, 0.15) is 5.54 Å². The maximum Gasteiger partial charge on any atom is 0.326 e. The average molecular weight is 247 g/mol. The third-order valence-corrected chi connectivity index (χ3v) is 2.83. The molecule has 0 aliphatic rings. The number of ether oxygens (including phenoxy) is 1. The Bertz CT molecular complexity index is 421. The summed E-state index contributed by atoms with van der Waals surface area (Å²) in [6.07, 6.45) is 2.93. The lowest BCUT2D eigenvalue weighted by molar-refractivity contribution is -0.146. The van der Waals surface area contributed by atoms with E-state index in [1.54, 1.807) is 0 Å². The Labute approximate surface area is 109 Å². The molecule has 1 aromatic carbocycles. The molecule has 0 heterocycles. The van der Waals surface area contributed by atoms with E-state index in [-0.39, 0.29) is 5.97 Å². The summed E-state index contributed by atoms with van der Waals surface area (Å²) in [5.41, 5.74) is 7.40. The number of hydrogen-bond acceptors (Lipinski definition) is 3. The third kappa shape index (κ3) is 4.00. The van der Waals surface area contributed by atoms with E-state index in [2.05, 4.69) is 0 Å². The molecule has 0 saturated heterocycles. The molecule has 0 spiro atoms. The molecule has 1 atom stereocenters. The van der Waals surface area contributed by atoms with Gasteiger partial charge in [0.05, 0.1) is 7.11 Å². The highest BCUT2D eigenvalue weighted by atomic mass is 16.5. The van der Waals surface area contributed by atoms with Crippen LogP contribution in [0, 0.1) is 0 Å². The zero-order chi connectivity index (χ0) is 13.6. The van der Waals surface area contributed by atoms with Gasteiger partial charge in [-0.25, -0.2) is 0 Å². The monoisotopic (exact) mass is 247 g/mol. The highest BCUT2D eigenvalue weighted by Crippen LogP contribution is 2.18. The second-order valence-electron chi connectivity index (χ2n) is 4.80. The molecule has 0 bridgehead atoms. The molecule has 0 radical (unpaired) electrons. The summed E-state index contributed by atoms with van der Waals surface area (Å²) in [6.45, 7) is 3.97. The number of esters is 1. The van der Waals surface area contributed by atoms with E-state index >= 15 is 0 Å². The predicted molar refractivity (Wildman–Crippen MR) is 73.1 cm³/mol. The van der Waals surface area contributed by atoms with Crippen molar-refractivity contribution in [1.82, 2.24) is 0 Å². The van der Waals surface area contributed by atoms with Crippen LogP contribution in [0.1, 0.15) is 25.8 Å². The van der Waals surface area contributed by atoms with E-state index in [1.807, 2.05) is 50.3 Å². The van der Waals surface area contributed by atoms with Gasteiger partial charge < -0.3 is 10.5 Å². The number of allylic oxidation sites excluding steroid dienone is 1. The first kappa shape index (κ1) is 14.5. The zero-order valence-corrected chi connectivity index (χ0v) is 11.3. The van der Waals surface area contributed by atoms with E-state index in [4.69, 9.17) is 10.5 Å². The second kappa shape index (κ2) is 6.36. The van der Waals surface area contributed by atoms with Crippen LogP contribution in [0.15, 0.2) is 42.0 Å². The number of carbonyl (C=O) groups is 1. The Balaban J connectivity index is 2.91. The molecule has 1 rings (SSSR count). The van der Waals surface area contributed by atoms with Crippen molar-refractivity contribution in [3.8, 4) is 0 Å². The molecule has 2 N–H and O–H groups in total. The number of rotatable bonds is 5. The van der Waals surface area contributed by atoms with Crippen LogP contribution in [0.3, 0.4) is 0 Å². The molecule has 3 heteroatoms. The van der Waals surface area contributed by atoms with E-state index < -0.39 is 5.54 Å². The summed E-state index contributed by atoms with van der Waals surface area (Å²) < 4.78 is 4.83. The lowest BCUT2D eigenvalue weighted by atomic mass is 9.88. The topological polar surface area (TPSA) is 52.3 Å². The van der Waals surface area contributed by atoms with Crippen LogP contribution in [0.25, 0.3) is 0 Å². The highest BCUT2D eigenvalue weighted by Gasteiger charge is 2.34. The predicted octanol–water partition coefficient (Wildman–Crippen LogP) is 2.46. The molecular weight excluding hydrogens is 226 g/mol. The van der Waals surface area contributed by atoms with Crippen LogP contribution in [-0.4, -0.2) is 18.6 Å². The highest BCUT2D eigenvalue weighted by molar-refractivity contribution is 5.81. The number of methoxy groups -OCH3 is 1. The minimum Gasteiger partial charge on any atom is -0.468 e. The lowest BCUT2D eigenvalue weighted by Crippen LogP contribution is -2.50. The molecule has 3 nitrogen and oxygen atoms in total. The molecule has 0 unspecified atom stereocenters. The van der Waals surface area contributed by atoms with E-state index in [1.165, 1.54) is 7.11 Å². The van der Waals surface area contributed by atoms with Gasteiger partial charge in [-0.15, -0.1) is 0 Å². The van der Waals surface area contributed by atoms with Gasteiger partial charge in [0, 0.05) is 6.42 Å². The fraction of sp³-hybridized carbons (Fsp3) is 0.400. The second-order valence-corrected chi connectivity index (χ2v) is 4.80. The van der Waals surface area contributed by atoms with Gasteiger partial charge in [-0.2, -0.15) is 0 Å². The van der Waals surface area contributed by atoms with E-state index in [9.17, 15) is 4.79 Å². The van der Waals surface area contributed by atoms with Crippen molar-refractivity contribution in [3.05, 3.63) is 47.5 Å². The Hall–Kier alpha value is -1.61. The van der Waals surface area contributed by atoms with Crippen LogP contribution in [-0.2, 0) is 16.0 Å². The fourth-order valence-corrected chi connectivity index (χ4v) is 1.78. The van der Waals surface area contributed by atoms with Crippen molar-refractivity contribution in [1.29, 1.82) is 0 Å². The maximum atomic E-state index is 11.9. The summed E-state index contributed by atoms with van der Waals surface area (Å²) >= 11 is 0. The minimum absolute atomic E-state index is 0.371. The van der Waals surface area contributed by atoms with Crippen LogP contribution >= 0.6 is 0 Å². The quantitative estimate of drug-likeness (QED) is 0.642. The number of hydrogen-bond donors (Lipinski definition) is 1. The number of benzene rings is 1. The summed E-state index contributed by atoms with van der Waals surface area (Å²) in [5, 5.41) is 0. The zero-order valence-electron chi connectivity index (χ0n) is 11.3. The van der Waals surface area contributed by atoms with Crippen molar-refractivity contribution < 1.29 is 9.53 Å². The average Bonchev–Trinajstić information content (AvgIpc) is 2.36. The van der Waals surface area contributed by atoms with Gasteiger partial charge in [-0.3, -0.25) is 4.79 Å². The maximum absolute atomic E-state index is 11.9. The van der Waals surface area contributed by atoms with Gasteiger partial charge in [0.2, 0.25) is 0 Å². The molecule has 0 aliphatic carbocycles. The molecule has 0 saturated carbocycles. The Morgan fingerprint density at radius 3 is 2.44 bits per heavy atom. The lowest BCUT2D eigenvalue weighted by Gasteiger charge is -2.25. The number of carbonyl (C=O) groups excluding carboxylic acids is 1. The van der Waals surface area contributed by atoms with Gasteiger partial charge in [-0.1, -0.05) is 42.0 Å². The molecule has 1 aromatic rings.